The van der Waals surface area contributed by atoms with Crippen LogP contribution in [0.2, 0.25) is 0 Å². The van der Waals surface area contributed by atoms with Gasteiger partial charge in [0.25, 0.3) is 5.91 Å². The van der Waals surface area contributed by atoms with Crippen molar-refractivity contribution in [2.24, 2.45) is 11.0 Å². The largest absolute Gasteiger partial charge is 0.342 e. The van der Waals surface area contributed by atoms with Gasteiger partial charge >= 0.3 is 0 Å². The molecule has 0 unspecified atom stereocenters. The first-order valence-electron chi connectivity index (χ1n) is 11.6. The van der Waals surface area contributed by atoms with E-state index in [-0.39, 0.29) is 23.6 Å². The average molecular weight is 425 g/mol. The molecule has 1 aromatic rings. The predicted octanol–water partition coefficient (Wildman–Crippen LogP) is 2.81. The molecule has 0 saturated carbocycles. The van der Waals surface area contributed by atoms with Gasteiger partial charge in [0.1, 0.15) is 5.71 Å². The van der Waals surface area contributed by atoms with Crippen molar-refractivity contribution in [1.82, 2.24) is 14.8 Å². The molecule has 3 aliphatic rings. The third-order valence-electron chi connectivity index (χ3n) is 6.58. The quantitative estimate of drug-likeness (QED) is 0.746. The SMILES string of the molecule is O=C(C1=NN(Cc2ccccc2)C(=O)CC1)N1CCC(C(=O)N2CCCCCC2)CC1. The Labute approximate surface area is 184 Å². The summed E-state index contributed by atoms with van der Waals surface area (Å²) in [5.41, 5.74) is 1.44. The number of hydrazone groups is 1. The molecule has 166 valence electrons. The molecule has 1 aromatic carbocycles. The smallest absolute Gasteiger partial charge is 0.270 e. The van der Waals surface area contributed by atoms with E-state index in [0.717, 1.165) is 31.5 Å². The van der Waals surface area contributed by atoms with E-state index in [9.17, 15) is 14.4 Å². The topological polar surface area (TPSA) is 73.3 Å². The number of hydrogen-bond acceptors (Lipinski definition) is 4. The van der Waals surface area contributed by atoms with E-state index in [1.54, 1.807) is 0 Å². The van der Waals surface area contributed by atoms with Gasteiger partial charge in [-0.25, -0.2) is 5.01 Å². The molecule has 0 radical (unpaired) electrons. The molecule has 2 saturated heterocycles. The molecule has 0 bridgehead atoms. The molecule has 0 atom stereocenters. The fourth-order valence-corrected chi connectivity index (χ4v) is 4.70. The fourth-order valence-electron chi connectivity index (χ4n) is 4.70. The Kier molecular flexibility index (Phi) is 6.99. The van der Waals surface area contributed by atoms with E-state index in [4.69, 9.17) is 0 Å². The molecule has 4 rings (SSSR count). The third kappa shape index (κ3) is 5.32. The summed E-state index contributed by atoms with van der Waals surface area (Å²) >= 11 is 0. The maximum Gasteiger partial charge on any atom is 0.270 e. The van der Waals surface area contributed by atoms with Crippen molar-refractivity contribution in [1.29, 1.82) is 0 Å². The van der Waals surface area contributed by atoms with Crippen molar-refractivity contribution in [3.05, 3.63) is 35.9 Å². The van der Waals surface area contributed by atoms with Crippen LogP contribution >= 0.6 is 0 Å². The summed E-state index contributed by atoms with van der Waals surface area (Å²) in [4.78, 5) is 42.1. The second kappa shape index (κ2) is 10.1. The highest BCUT2D eigenvalue weighted by Gasteiger charge is 2.33. The second-order valence-corrected chi connectivity index (χ2v) is 8.79. The summed E-state index contributed by atoms with van der Waals surface area (Å²) < 4.78 is 0. The number of nitrogens with zero attached hydrogens (tertiary/aromatic N) is 4. The van der Waals surface area contributed by atoms with Crippen LogP contribution < -0.4 is 0 Å². The zero-order valence-corrected chi connectivity index (χ0v) is 18.2. The van der Waals surface area contributed by atoms with E-state index in [1.165, 1.54) is 17.9 Å². The van der Waals surface area contributed by atoms with Crippen molar-refractivity contribution in [3.63, 3.8) is 0 Å². The minimum Gasteiger partial charge on any atom is -0.342 e. The Hall–Kier alpha value is -2.70. The van der Waals surface area contributed by atoms with Gasteiger partial charge in [0, 0.05) is 44.9 Å². The summed E-state index contributed by atoms with van der Waals surface area (Å²) in [7, 11) is 0. The van der Waals surface area contributed by atoms with Crippen molar-refractivity contribution in [2.75, 3.05) is 26.2 Å². The molecule has 7 heteroatoms. The number of piperidine rings is 1. The van der Waals surface area contributed by atoms with E-state index in [0.29, 0.717) is 51.0 Å². The molecule has 2 fully saturated rings. The third-order valence-corrected chi connectivity index (χ3v) is 6.58. The standard InChI is InChI=1S/C24H32N4O3/c29-22-11-10-21(25-28(22)18-19-8-4-3-5-9-19)24(31)27-16-12-20(13-17-27)23(30)26-14-6-1-2-7-15-26/h3-5,8-9,20H,1-2,6-7,10-18H2. The zero-order chi connectivity index (χ0) is 21.6. The highest BCUT2D eigenvalue weighted by Crippen LogP contribution is 2.23. The van der Waals surface area contributed by atoms with Crippen molar-refractivity contribution < 1.29 is 14.4 Å². The van der Waals surface area contributed by atoms with Crippen LogP contribution in [0.5, 0.6) is 0 Å². The number of amides is 3. The van der Waals surface area contributed by atoms with Crippen LogP contribution in [0.4, 0.5) is 0 Å². The van der Waals surface area contributed by atoms with Crippen molar-refractivity contribution in [2.45, 2.75) is 57.9 Å². The Morgan fingerprint density at radius 2 is 1.55 bits per heavy atom. The Morgan fingerprint density at radius 3 is 2.23 bits per heavy atom. The normalized spacial score (nSPS) is 21.0. The maximum absolute atomic E-state index is 13.0. The number of carbonyl (C=O) groups excluding carboxylic acids is 3. The lowest BCUT2D eigenvalue weighted by Crippen LogP contribution is -2.47. The van der Waals surface area contributed by atoms with Crippen molar-refractivity contribution >= 4 is 23.4 Å². The van der Waals surface area contributed by atoms with Gasteiger partial charge < -0.3 is 9.80 Å². The molecule has 0 aliphatic carbocycles. The van der Waals surface area contributed by atoms with Crippen LogP contribution in [-0.2, 0) is 20.9 Å². The van der Waals surface area contributed by atoms with E-state index in [1.807, 2.05) is 40.1 Å². The molecule has 0 N–H and O–H groups in total. The van der Waals surface area contributed by atoms with Gasteiger partial charge in [-0.05, 0) is 31.2 Å². The van der Waals surface area contributed by atoms with Crippen molar-refractivity contribution in [3.8, 4) is 0 Å². The molecular formula is C24H32N4O3. The van der Waals surface area contributed by atoms with Gasteiger partial charge in [0.2, 0.25) is 11.8 Å². The number of carbonyl (C=O) groups is 3. The van der Waals surface area contributed by atoms with Gasteiger partial charge in [-0.1, -0.05) is 43.2 Å². The van der Waals surface area contributed by atoms with Crippen LogP contribution in [0.1, 0.15) is 56.9 Å². The molecule has 3 aliphatic heterocycles. The summed E-state index contributed by atoms with van der Waals surface area (Å²) in [6.45, 7) is 3.28. The summed E-state index contributed by atoms with van der Waals surface area (Å²) in [5.74, 6) is 0.142. The van der Waals surface area contributed by atoms with Gasteiger partial charge in [-0.15, -0.1) is 0 Å². The number of rotatable bonds is 4. The molecule has 0 aromatic heterocycles. The molecular weight excluding hydrogens is 392 g/mol. The highest BCUT2D eigenvalue weighted by atomic mass is 16.2. The van der Waals surface area contributed by atoms with Gasteiger partial charge in [-0.3, -0.25) is 14.4 Å². The summed E-state index contributed by atoms with van der Waals surface area (Å²) in [5, 5.41) is 5.82. The first-order chi connectivity index (χ1) is 15.1. The molecule has 7 nitrogen and oxygen atoms in total. The van der Waals surface area contributed by atoms with Crippen LogP contribution in [-0.4, -0.2) is 64.4 Å². The molecule has 3 amide bonds. The Balaban J connectivity index is 1.34. The highest BCUT2D eigenvalue weighted by molar-refractivity contribution is 6.39. The van der Waals surface area contributed by atoms with Crippen LogP contribution in [0, 0.1) is 5.92 Å². The first-order valence-corrected chi connectivity index (χ1v) is 11.6. The average Bonchev–Trinajstić information content (AvgIpc) is 3.10. The Morgan fingerprint density at radius 1 is 0.871 bits per heavy atom. The summed E-state index contributed by atoms with van der Waals surface area (Å²) in [6.07, 6.45) is 6.73. The minimum absolute atomic E-state index is 0.0200. The minimum atomic E-state index is -0.0915. The van der Waals surface area contributed by atoms with Gasteiger partial charge in [-0.2, -0.15) is 5.10 Å². The van der Waals surface area contributed by atoms with Gasteiger partial charge in [0.05, 0.1) is 6.54 Å². The lowest BCUT2D eigenvalue weighted by Gasteiger charge is -2.35. The van der Waals surface area contributed by atoms with E-state index >= 15 is 0 Å². The summed E-state index contributed by atoms with van der Waals surface area (Å²) in [6, 6.07) is 9.68. The lowest BCUT2D eigenvalue weighted by atomic mass is 9.94. The lowest BCUT2D eigenvalue weighted by molar-refractivity contribution is -0.139. The maximum atomic E-state index is 13.0. The zero-order valence-electron chi connectivity index (χ0n) is 18.2. The number of benzene rings is 1. The monoisotopic (exact) mass is 424 g/mol. The van der Waals surface area contributed by atoms with E-state index < -0.39 is 0 Å². The predicted molar refractivity (Wildman–Crippen MR) is 118 cm³/mol. The number of hydrogen-bond donors (Lipinski definition) is 0. The van der Waals surface area contributed by atoms with Crippen LogP contribution in [0.3, 0.4) is 0 Å². The molecule has 0 spiro atoms. The molecule has 31 heavy (non-hydrogen) atoms. The first kappa shape index (κ1) is 21.5. The van der Waals surface area contributed by atoms with Crippen LogP contribution in [0.25, 0.3) is 0 Å². The Bertz CT molecular complexity index is 822. The van der Waals surface area contributed by atoms with Gasteiger partial charge in [0.15, 0.2) is 0 Å². The molecule has 3 heterocycles. The van der Waals surface area contributed by atoms with Crippen LogP contribution in [0.15, 0.2) is 35.4 Å². The number of likely N-dealkylation sites (tertiary alicyclic amines) is 2. The second-order valence-electron chi connectivity index (χ2n) is 8.79. The van der Waals surface area contributed by atoms with E-state index in [2.05, 4.69) is 5.10 Å². The fraction of sp³-hybridized carbons (Fsp3) is 0.583.